The number of oxime groups is 1. The second-order valence-corrected chi connectivity index (χ2v) is 4.43. The van der Waals surface area contributed by atoms with Crippen molar-refractivity contribution in [3.8, 4) is 11.5 Å². The number of rotatable bonds is 6. The van der Waals surface area contributed by atoms with Crippen molar-refractivity contribution in [3.05, 3.63) is 40.8 Å². The van der Waals surface area contributed by atoms with Gasteiger partial charge in [-0.2, -0.15) is 0 Å². The highest BCUT2D eigenvalue weighted by Crippen LogP contribution is 2.26. The van der Waals surface area contributed by atoms with Crippen molar-refractivity contribution in [2.45, 2.75) is 20.5 Å². The minimum atomic E-state index is 0.324. The van der Waals surface area contributed by atoms with Crippen LogP contribution in [0.25, 0.3) is 0 Å². The first-order valence-corrected chi connectivity index (χ1v) is 6.44. The highest BCUT2D eigenvalue weighted by Gasteiger charge is 2.08. The number of aromatic nitrogens is 1. The minimum absolute atomic E-state index is 0.324. The third-order valence-electron chi connectivity index (χ3n) is 3.07. The molecule has 1 aromatic carbocycles. The molecule has 0 bridgehead atoms. The van der Waals surface area contributed by atoms with E-state index in [-0.39, 0.29) is 0 Å². The summed E-state index contributed by atoms with van der Waals surface area (Å²) in [7, 11) is 3.19. The number of aryl methyl sites for hydroxylation is 2. The summed E-state index contributed by atoms with van der Waals surface area (Å²) in [5.41, 5.74) is 2.58. The molecule has 21 heavy (non-hydrogen) atoms. The Hall–Kier alpha value is -2.50. The molecule has 0 N–H and O–H groups in total. The van der Waals surface area contributed by atoms with Crippen LogP contribution in [0.15, 0.2) is 27.9 Å². The Bertz CT molecular complexity index is 615. The number of methoxy groups -OCH3 is 2. The number of hydrogen-bond donors (Lipinski definition) is 0. The Balaban J connectivity index is 1.98. The third-order valence-corrected chi connectivity index (χ3v) is 3.07. The van der Waals surface area contributed by atoms with Gasteiger partial charge in [0.2, 0.25) is 0 Å². The van der Waals surface area contributed by atoms with Crippen LogP contribution in [-0.4, -0.2) is 25.6 Å². The Morgan fingerprint density at radius 1 is 1.19 bits per heavy atom. The first kappa shape index (κ1) is 14.9. The van der Waals surface area contributed by atoms with E-state index in [1.807, 2.05) is 32.0 Å². The molecule has 0 saturated heterocycles. The van der Waals surface area contributed by atoms with Gasteiger partial charge in [-0.15, -0.1) is 0 Å². The molecule has 6 heteroatoms. The molecule has 0 atom stereocenters. The zero-order valence-corrected chi connectivity index (χ0v) is 12.5. The average Bonchev–Trinajstić information content (AvgIpc) is 2.82. The summed E-state index contributed by atoms with van der Waals surface area (Å²) < 4.78 is 15.5. The molecule has 2 aromatic rings. The van der Waals surface area contributed by atoms with E-state index in [0.717, 1.165) is 22.6 Å². The fourth-order valence-electron chi connectivity index (χ4n) is 1.84. The second kappa shape index (κ2) is 6.78. The minimum Gasteiger partial charge on any atom is -0.493 e. The fourth-order valence-corrected chi connectivity index (χ4v) is 1.84. The van der Waals surface area contributed by atoms with Gasteiger partial charge >= 0.3 is 0 Å². The average molecular weight is 290 g/mol. The Labute approximate surface area is 123 Å². The van der Waals surface area contributed by atoms with Crippen LogP contribution in [0.2, 0.25) is 0 Å². The van der Waals surface area contributed by atoms with E-state index < -0.39 is 0 Å². The van der Waals surface area contributed by atoms with E-state index in [9.17, 15) is 0 Å². The summed E-state index contributed by atoms with van der Waals surface area (Å²) in [6.07, 6.45) is 1.61. The summed E-state index contributed by atoms with van der Waals surface area (Å²) >= 11 is 0. The highest BCUT2D eigenvalue weighted by molar-refractivity contribution is 5.80. The number of nitrogens with zero attached hydrogens (tertiary/aromatic N) is 2. The number of ether oxygens (including phenoxy) is 2. The van der Waals surface area contributed by atoms with E-state index in [1.54, 1.807) is 20.4 Å². The molecule has 0 amide bonds. The van der Waals surface area contributed by atoms with Crippen molar-refractivity contribution in [2.24, 2.45) is 5.16 Å². The van der Waals surface area contributed by atoms with Crippen molar-refractivity contribution in [1.29, 1.82) is 0 Å². The fraction of sp³-hybridized carbons (Fsp3) is 0.333. The van der Waals surface area contributed by atoms with E-state index in [4.69, 9.17) is 18.8 Å². The molecule has 0 aliphatic carbocycles. The van der Waals surface area contributed by atoms with Crippen LogP contribution < -0.4 is 9.47 Å². The predicted molar refractivity (Wildman–Crippen MR) is 77.9 cm³/mol. The molecule has 0 saturated carbocycles. The van der Waals surface area contributed by atoms with Crippen molar-refractivity contribution in [2.75, 3.05) is 14.2 Å². The molecule has 2 rings (SSSR count). The van der Waals surface area contributed by atoms with Gasteiger partial charge in [-0.05, 0) is 32.0 Å². The first-order chi connectivity index (χ1) is 10.2. The summed E-state index contributed by atoms with van der Waals surface area (Å²) in [6, 6.07) is 5.50. The maximum atomic E-state index is 5.27. The number of hydrogen-bond acceptors (Lipinski definition) is 6. The van der Waals surface area contributed by atoms with Gasteiger partial charge in [0, 0.05) is 5.56 Å². The molecule has 0 aliphatic rings. The SMILES string of the molecule is COc1ccc(C=NOCc2c(C)noc2C)cc1OC. The zero-order valence-electron chi connectivity index (χ0n) is 12.5. The summed E-state index contributed by atoms with van der Waals surface area (Å²) in [6.45, 7) is 4.04. The quantitative estimate of drug-likeness (QED) is 0.604. The van der Waals surface area contributed by atoms with Gasteiger partial charge in [-0.3, -0.25) is 0 Å². The van der Waals surface area contributed by atoms with Gasteiger partial charge in [0.05, 0.1) is 31.7 Å². The van der Waals surface area contributed by atoms with Crippen LogP contribution in [0.4, 0.5) is 0 Å². The van der Waals surface area contributed by atoms with Gasteiger partial charge in [0.15, 0.2) is 11.5 Å². The standard InChI is InChI=1S/C15H18N2O4/c1-10-13(11(2)21-17-10)9-20-16-8-12-5-6-14(18-3)15(7-12)19-4/h5-8H,9H2,1-4H3. The topological polar surface area (TPSA) is 66.1 Å². The molecule has 112 valence electrons. The van der Waals surface area contributed by atoms with Crippen molar-refractivity contribution >= 4 is 6.21 Å². The van der Waals surface area contributed by atoms with Crippen LogP contribution >= 0.6 is 0 Å². The normalized spacial score (nSPS) is 10.9. The van der Waals surface area contributed by atoms with E-state index in [2.05, 4.69) is 10.3 Å². The van der Waals surface area contributed by atoms with E-state index >= 15 is 0 Å². The van der Waals surface area contributed by atoms with Crippen molar-refractivity contribution in [3.63, 3.8) is 0 Å². The first-order valence-electron chi connectivity index (χ1n) is 6.44. The maximum Gasteiger partial charge on any atom is 0.161 e. The van der Waals surface area contributed by atoms with Gasteiger partial charge in [0.1, 0.15) is 12.4 Å². The lowest BCUT2D eigenvalue weighted by atomic mass is 10.2. The van der Waals surface area contributed by atoms with Gasteiger partial charge < -0.3 is 18.8 Å². The zero-order chi connectivity index (χ0) is 15.2. The molecule has 1 heterocycles. The molecular formula is C15H18N2O4. The summed E-state index contributed by atoms with van der Waals surface area (Å²) in [5.74, 6) is 2.06. The Morgan fingerprint density at radius 3 is 2.57 bits per heavy atom. The van der Waals surface area contributed by atoms with Crippen LogP contribution in [0.1, 0.15) is 22.6 Å². The van der Waals surface area contributed by atoms with Gasteiger partial charge in [-0.25, -0.2) is 0 Å². The smallest absolute Gasteiger partial charge is 0.161 e. The molecule has 0 fully saturated rings. The molecule has 0 spiro atoms. The lowest BCUT2D eigenvalue weighted by Gasteiger charge is -2.07. The van der Waals surface area contributed by atoms with Gasteiger partial charge in [-0.1, -0.05) is 10.3 Å². The monoisotopic (exact) mass is 290 g/mol. The summed E-state index contributed by atoms with van der Waals surface area (Å²) in [5, 5.41) is 7.80. The van der Waals surface area contributed by atoms with Crippen molar-refractivity contribution < 1.29 is 18.8 Å². The largest absolute Gasteiger partial charge is 0.493 e. The lowest BCUT2D eigenvalue weighted by molar-refractivity contribution is 0.130. The second-order valence-electron chi connectivity index (χ2n) is 4.43. The molecule has 0 radical (unpaired) electrons. The van der Waals surface area contributed by atoms with E-state index in [0.29, 0.717) is 18.1 Å². The lowest BCUT2D eigenvalue weighted by Crippen LogP contribution is -1.93. The maximum absolute atomic E-state index is 5.27. The van der Waals surface area contributed by atoms with Crippen LogP contribution in [0.3, 0.4) is 0 Å². The van der Waals surface area contributed by atoms with Crippen LogP contribution in [0.5, 0.6) is 11.5 Å². The molecule has 6 nitrogen and oxygen atoms in total. The molecule has 0 aliphatic heterocycles. The Kier molecular flexibility index (Phi) is 4.81. The highest BCUT2D eigenvalue weighted by atomic mass is 16.6. The predicted octanol–water partition coefficient (Wildman–Crippen LogP) is 2.86. The van der Waals surface area contributed by atoms with Crippen molar-refractivity contribution in [1.82, 2.24) is 5.16 Å². The van der Waals surface area contributed by atoms with Gasteiger partial charge in [0.25, 0.3) is 0 Å². The van der Waals surface area contributed by atoms with E-state index in [1.165, 1.54) is 0 Å². The number of benzene rings is 1. The molecule has 0 unspecified atom stereocenters. The third kappa shape index (κ3) is 3.53. The van der Waals surface area contributed by atoms with Crippen LogP contribution in [-0.2, 0) is 11.4 Å². The summed E-state index contributed by atoms with van der Waals surface area (Å²) in [4.78, 5) is 5.27. The van der Waals surface area contributed by atoms with Crippen LogP contribution in [0, 0.1) is 13.8 Å². The molecule has 1 aromatic heterocycles. The molecular weight excluding hydrogens is 272 g/mol. The Morgan fingerprint density at radius 2 is 1.95 bits per heavy atom.